The van der Waals surface area contributed by atoms with Gasteiger partial charge in [0.05, 0.1) is 0 Å². The van der Waals surface area contributed by atoms with Crippen LogP contribution in [0.2, 0.25) is 0 Å². The molecule has 1 aromatic heterocycles. The van der Waals surface area contributed by atoms with Gasteiger partial charge in [-0.25, -0.2) is 4.98 Å². The van der Waals surface area contributed by atoms with Crippen LogP contribution in [0.4, 0.5) is 5.69 Å². The fourth-order valence-corrected chi connectivity index (χ4v) is 2.43. The molecule has 0 spiro atoms. The fourth-order valence-electron chi connectivity index (χ4n) is 2.43. The molecule has 1 aliphatic heterocycles. The Balaban J connectivity index is 1.86. The predicted molar refractivity (Wildman–Crippen MR) is 69.3 cm³/mol. The van der Waals surface area contributed by atoms with Gasteiger partial charge in [0.1, 0.15) is 5.82 Å². The van der Waals surface area contributed by atoms with E-state index in [9.17, 15) is 0 Å². The first-order chi connectivity index (χ1) is 8.36. The minimum absolute atomic E-state index is 0.912. The number of aryl methyl sites for hydroxylation is 1. The van der Waals surface area contributed by atoms with E-state index in [1.54, 1.807) is 0 Å². The van der Waals surface area contributed by atoms with Crippen molar-refractivity contribution in [3.8, 4) is 0 Å². The van der Waals surface area contributed by atoms with E-state index in [1.807, 2.05) is 12.4 Å². The standard InChI is InChI=1S/C14H17N3/c1-2-17-8-7-16-14(17)10-11-3-4-12-5-6-15-13(12)9-11/h3-4,7-9,15H,2,5-6,10H2,1H3. The average Bonchev–Trinajstić information content (AvgIpc) is 2.96. The number of aromatic nitrogens is 2. The number of nitrogens with zero attached hydrogens (tertiary/aromatic N) is 2. The second kappa shape index (κ2) is 4.24. The van der Waals surface area contributed by atoms with E-state index in [4.69, 9.17) is 0 Å². The summed E-state index contributed by atoms with van der Waals surface area (Å²) in [6, 6.07) is 6.72. The van der Waals surface area contributed by atoms with Gasteiger partial charge in [-0.05, 0) is 30.5 Å². The number of hydrogen-bond acceptors (Lipinski definition) is 2. The van der Waals surface area contributed by atoms with Gasteiger partial charge in [-0.1, -0.05) is 12.1 Å². The van der Waals surface area contributed by atoms with Crippen molar-refractivity contribution < 1.29 is 0 Å². The molecule has 0 bridgehead atoms. The van der Waals surface area contributed by atoms with Crippen LogP contribution in [-0.4, -0.2) is 16.1 Å². The van der Waals surface area contributed by atoms with E-state index in [-0.39, 0.29) is 0 Å². The van der Waals surface area contributed by atoms with E-state index >= 15 is 0 Å². The lowest BCUT2D eigenvalue weighted by atomic mass is 10.1. The Bertz CT molecular complexity index is 528. The molecule has 0 amide bonds. The third-order valence-corrected chi connectivity index (χ3v) is 3.39. The van der Waals surface area contributed by atoms with Gasteiger partial charge in [0.2, 0.25) is 0 Å². The van der Waals surface area contributed by atoms with Crippen LogP contribution in [0.25, 0.3) is 0 Å². The molecular formula is C14H17N3. The first-order valence-corrected chi connectivity index (χ1v) is 6.22. The van der Waals surface area contributed by atoms with Gasteiger partial charge in [0, 0.05) is 37.6 Å². The number of anilines is 1. The monoisotopic (exact) mass is 227 g/mol. The highest BCUT2D eigenvalue weighted by Gasteiger charge is 2.11. The number of imidazole rings is 1. The lowest BCUT2D eigenvalue weighted by Crippen LogP contribution is -2.02. The quantitative estimate of drug-likeness (QED) is 0.873. The molecule has 0 atom stereocenters. The molecule has 1 aromatic carbocycles. The van der Waals surface area contributed by atoms with Gasteiger partial charge in [-0.15, -0.1) is 0 Å². The zero-order chi connectivity index (χ0) is 11.7. The van der Waals surface area contributed by atoms with Crippen molar-refractivity contribution >= 4 is 5.69 Å². The van der Waals surface area contributed by atoms with E-state index in [0.29, 0.717) is 0 Å². The van der Waals surface area contributed by atoms with Crippen LogP contribution in [0, 0.1) is 0 Å². The molecule has 0 unspecified atom stereocenters. The average molecular weight is 227 g/mol. The molecular weight excluding hydrogens is 210 g/mol. The smallest absolute Gasteiger partial charge is 0.113 e. The van der Waals surface area contributed by atoms with Crippen LogP contribution in [0.1, 0.15) is 23.9 Å². The van der Waals surface area contributed by atoms with Crippen molar-refractivity contribution in [2.45, 2.75) is 26.3 Å². The maximum Gasteiger partial charge on any atom is 0.113 e. The van der Waals surface area contributed by atoms with E-state index in [1.165, 1.54) is 16.8 Å². The number of nitrogens with one attached hydrogen (secondary N) is 1. The number of fused-ring (bicyclic) bond motifs is 1. The summed E-state index contributed by atoms with van der Waals surface area (Å²) in [5, 5.41) is 3.42. The summed E-state index contributed by atoms with van der Waals surface area (Å²) in [5.41, 5.74) is 4.07. The highest BCUT2D eigenvalue weighted by atomic mass is 15.0. The van der Waals surface area contributed by atoms with E-state index < -0.39 is 0 Å². The normalized spacial score (nSPS) is 13.5. The maximum absolute atomic E-state index is 4.42. The maximum atomic E-state index is 4.42. The molecule has 2 aromatic rings. The van der Waals surface area contributed by atoms with Gasteiger partial charge in [-0.3, -0.25) is 0 Å². The molecule has 3 rings (SSSR count). The molecule has 1 aliphatic rings. The highest BCUT2D eigenvalue weighted by Crippen LogP contribution is 2.24. The summed E-state index contributed by atoms with van der Waals surface area (Å²) in [5.74, 6) is 1.14. The fraction of sp³-hybridized carbons (Fsp3) is 0.357. The van der Waals surface area contributed by atoms with Crippen molar-refractivity contribution in [1.29, 1.82) is 0 Å². The van der Waals surface area contributed by atoms with Crippen molar-refractivity contribution in [1.82, 2.24) is 9.55 Å². The van der Waals surface area contributed by atoms with Gasteiger partial charge >= 0.3 is 0 Å². The Hall–Kier alpha value is -1.77. The number of hydrogen-bond donors (Lipinski definition) is 1. The molecule has 3 heteroatoms. The molecule has 2 heterocycles. The van der Waals surface area contributed by atoms with Gasteiger partial charge in [0.25, 0.3) is 0 Å². The molecule has 0 aliphatic carbocycles. The molecule has 1 N–H and O–H groups in total. The summed E-state index contributed by atoms with van der Waals surface area (Å²) in [4.78, 5) is 4.42. The van der Waals surface area contributed by atoms with Gasteiger partial charge in [-0.2, -0.15) is 0 Å². The summed E-state index contributed by atoms with van der Waals surface area (Å²) in [6.45, 7) is 4.20. The lowest BCUT2D eigenvalue weighted by Gasteiger charge is -2.07. The molecule has 0 saturated carbocycles. The minimum atomic E-state index is 0.912. The van der Waals surface area contributed by atoms with Crippen LogP contribution in [-0.2, 0) is 19.4 Å². The van der Waals surface area contributed by atoms with Crippen molar-refractivity contribution in [2.24, 2.45) is 0 Å². The zero-order valence-electron chi connectivity index (χ0n) is 10.1. The second-order valence-corrected chi connectivity index (χ2v) is 4.47. The summed E-state index contributed by atoms with van der Waals surface area (Å²) < 4.78 is 2.20. The van der Waals surface area contributed by atoms with Crippen molar-refractivity contribution in [3.05, 3.63) is 47.5 Å². The van der Waals surface area contributed by atoms with Crippen molar-refractivity contribution in [2.75, 3.05) is 11.9 Å². The molecule has 0 fully saturated rings. The highest BCUT2D eigenvalue weighted by molar-refractivity contribution is 5.57. The second-order valence-electron chi connectivity index (χ2n) is 4.47. The van der Waals surface area contributed by atoms with E-state index in [0.717, 1.165) is 31.8 Å². The van der Waals surface area contributed by atoms with Crippen LogP contribution in [0.3, 0.4) is 0 Å². The number of benzene rings is 1. The Kier molecular flexibility index (Phi) is 2.59. The van der Waals surface area contributed by atoms with Gasteiger partial charge < -0.3 is 9.88 Å². The Morgan fingerprint density at radius 2 is 2.35 bits per heavy atom. The zero-order valence-corrected chi connectivity index (χ0v) is 10.1. The molecule has 3 nitrogen and oxygen atoms in total. The number of rotatable bonds is 3. The Labute approximate surface area is 101 Å². The first-order valence-electron chi connectivity index (χ1n) is 6.22. The third kappa shape index (κ3) is 1.93. The Morgan fingerprint density at radius 1 is 1.41 bits per heavy atom. The van der Waals surface area contributed by atoms with E-state index in [2.05, 4.69) is 40.0 Å². The molecule has 88 valence electrons. The van der Waals surface area contributed by atoms with Gasteiger partial charge in [0.15, 0.2) is 0 Å². The molecule has 0 saturated heterocycles. The first kappa shape index (κ1) is 10.4. The SMILES string of the molecule is CCn1ccnc1Cc1ccc2c(c1)NCC2. The van der Waals surface area contributed by atoms with Crippen LogP contribution in [0.5, 0.6) is 0 Å². The van der Waals surface area contributed by atoms with Crippen molar-refractivity contribution in [3.63, 3.8) is 0 Å². The molecule has 0 radical (unpaired) electrons. The third-order valence-electron chi connectivity index (χ3n) is 3.39. The van der Waals surface area contributed by atoms with Crippen LogP contribution >= 0.6 is 0 Å². The Morgan fingerprint density at radius 3 is 3.24 bits per heavy atom. The lowest BCUT2D eigenvalue weighted by molar-refractivity contribution is 0.712. The van der Waals surface area contributed by atoms with Crippen LogP contribution in [0.15, 0.2) is 30.6 Å². The summed E-state index contributed by atoms with van der Waals surface area (Å²) in [7, 11) is 0. The van der Waals surface area contributed by atoms with Crippen LogP contribution < -0.4 is 5.32 Å². The predicted octanol–water partition coefficient (Wildman–Crippen LogP) is 2.46. The topological polar surface area (TPSA) is 29.9 Å². The molecule has 17 heavy (non-hydrogen) atoms. The minimum Gasteiger partial charge on any atom is -0.384 e. The largest absolute Gasteiger partial charge is 0.384 e. The summed E-state index contributed by atoms with van der Waals surface area (Å²) >= 11 is 0. The summed E-state index contributed by atoms with van der Waals surface area (Å²) in [6.07, 6.45) is 5.99.